The van der Waals surface area contributed by atoms with E-state index in [1.807, 2.05) is 24.3 Å². The van der Waals surface area contributed by atoms with Gasteiger partial charge in [-0.25, -0.2) is 0 Å². The Morgan fingerprint density at radius 1 is 0.933 bits per heavy atom. The van der Waals surface area contributed by atoms with Crippen molar-refractivity contribution in [2.24, 2.45) is 5.92 Å². The number of hydrogen-bond acceptors (Lipinski definition) is 8. The van der Waals surface area contributed by atoms with Crippen molar-refractivity contribution in [2.45, 2.75) is 19.8 Å². The summed E-state index contributed by atoms with van der Waals surface area (Å²) in [6, 6.07) is 17.0. The first kappa shape index (κ1) is 32.0. The zero-order valence-corrected chi connectivity index (χ0v) is 26.7. The molecule has 0 aliphatic carbocycles. The van der Waals surface area contributed by atoms with Crippen molar-refractivity contribution in [1.29, 1.82) is 0 Å². The minimum atomic E-state index is -0.510. The monoisotopic (exact) mass is 650 g/mol. The lowest BCUT2D eigenvalue weighted by atomic mass is 9.98. The van der Waals surface area contributed by atoms with Crippen LogP contribution in [0.1, 0.15) is 40.5 Å². The van der Waals surface area contributed by atoms with Crippen LogP contribution >= 0.6 is 23.8 Å². The predicted octanol–water partition coefficient (Wildman–Crippen LogP) is 5.58. The minimum absolute atomic E-state index is 0.0843. The number of nitro benzene ring substituents is 1. The molecule has 13 heteroatoms. The van der Waals surface area contributed by atoms with Crippen molar-refractivity contribution >= 4 is 63.5 Å². The summed E-state index contributed by atoms with van der Waals surface area (Å²) in [6.07, 6.45) is 1.97. The zero-order valence-electron chi connectivity index (χ0n) is 25.1. The number of halogens is 1. The molecule has 2 amide bonds. The van der Waals surface area contributed by atoms with Crippen molar-refractivity contribution in [3.8, 4) is 5.75 Å². The Balaban J connectivity index is 1.18. The molecule has 3 aromatic rings. The maximum atomic E-state index is 13.3. The second-order valence-electron chi connectivity index (χ2n) is 11.2. The fraction of sp³-hybridized carbons (Fsp3) is 0.344. The van der Waals surface area contributed by atoms with Crippen molar-refractivity contribution in [3.63, 3.8) is 0 Å². The summed E-state index contributed by atoms with van der Waals surface area (Å²) in [6.45, 7) is 6.13. The first-order valence-electron chi connectivity index (χ1n) is 14.8. The van der Waals surface area contributed by atoms with Gasteiger partial charge in [-0.15, -0.1) is 0 Å². The Bertz CT molecular complexity index is 1590. The molecule has 45 heavy (non-hydrogen) atoms. The van der Waals surface area contributed by atoms with Gasteiger partial charge in [-0.05, 0) is 79.5 Å². The highest BCUT2D eigenvalue weighted by molar-refractivity contribution is 7.80. The predicted molar refractivity (Wildman–Crippen MR) is 180 cm³/mol. The maximum Gasteiger partial charge on any atom is 0.270 e. The summed E-state index contributed by atoms with van der Waals surface area (Å²) < 4.78 is 5.35. The second kappa shape index (κ2) is 14.1. The fourth-order valence-electron chi connectivity index (χ4n) is 5.62. The third-order valence-electron chi connectivity index (χ3n) is 8.24. The number of rotatable bonds is 7. The number of benzene rings is 3. The quantitative estimate of drug-likeness (QED) is 0.192. The third-order valence-corrected chi connectivity index (χ3v) is 8.68. The number of piperidine rings is 1. The number of nitrogens with zero attached hydrogens (tertiary/aromatic N) is 4. The van der Waals surface area contributed by atoms with Gasteiger partial charge in [-0.2, -0.15) is 0 Å². The normalized spacial score (nSPS) is 15.4. The lowest BCUT2D eigenvalue weighted by Crippen LogP contribution is -2.48. The van der Waals surface area contributed by atoms with Crippen LogP contribution in [0.3, 0.4) is 0 Å². The Morgan fingerprint density at radius 3 is 2.27 bits per heavy atom. The number of amides is 2. The van der Waals surface area contributed by atoms with Crippen LogP contribution in [0.25, 0.3) is 0 Å². The summed E-state index contributed by atoms with van der Waals surface area (Å²) in [5.74, 6) is 0.459. The van der Waals surface area contributed by atoms with Crippen molar-refractivity contribution in [1.82, 2.24) is 10.2 Å². The first-order chi connectivity index (χ1) is 21.6. The molecule has 0 saturated carbocycles. The van der Waals surface area contributed by atoms with Crippen LogP contribution in [0.15, 0.2) is 60.7 Å². The van der Waals surface area contributed by atoms with Gasteiger partial charge >= 0.3 is 0 Å². The van der Waals surface area contributed by atoms with Crippen molar-refractivity contribution in [2.75, 3.05) is 61.5 Å². The van der Waals surface area contributed by atoms with E-state index in [1.165, 1.54) is 19.2 Å². The molecule has 2 heterocycles. The summed E-state index contributed by atoms with van der Waals surface area (Å²) in [7, 11) is 1.53. The van der Waals surface area contributed by atoms with E-state index in [-0.39, 0.29) is 22.3 Å². The van der Waals surface area contributed by atoms with Gasteiger partial charge in [-0.3, -0.25) is 25.0 Å². The minimum Gasteiger partial charge on any atom is -0.496 e. The number of nitrogens with one attached hydrogen (secondary N) is 2. The Kier molecular flexibility index (Phi) is 10.0. The van der Waals surface area contributed by atoms with Gasteiger partial charge < -0.3 is 24.8 Å². The Hall–Kier alpha value is -4.42. The lowest BCUT2D eigenvalue weighted by Gasteiger charge is -2.36. The van der Waals surface area contributed by atoms with E-state index in [4.69, 9.17) is 28.6 Å². The summed E-state index contributed by atoms with van der Waals surface area (Å²) in [5.41, 5.74) is 2.82. The molecular weight excluding hydrogens is 616 g/mol. The molecular formula is C32H35ClN6O5S. The largest absolute Gasteiger partial charge is 0.496 e. The summed E-state index contributed by atoms with van der Waals surface area (Å²) >= 11 is 11.5. The molecule has 0 unspecified atom stereocenters. The molecule has 0 aromatic heterocycles. The number of non-ortho nitro benzene ring substituents is 1. The van der Waals surface area contributed by atoms with Crippen molar-refractivity contribution in [3.05, 3.63) is 86.9 Å². The highest BCUT2D eigenvalue weighted by Gasteiger charge is 2.26. The van der Waals surface area contributed by atoms with E-state index < -0.39 is 10.8 Å². The van der Waals surface area contributed by atoms with Crippen LogP contribution in [-0.2, 0) is 0 Å². The summed E-state index contributed by atoms with van der Waals surface area (Å²) in [4.78, 5) is 43.4. The molecule has 2 aliphatic rings. The van der Waals surface area contributed by atoms with Crippen LogP contribution in [0.2, 0.25) is 5.02 Å². The van der Waals surface area contributed by atoms with Crippen LogP contribution in [-0.4, -0.2) is 73.1 Å². The van der Waals surface area contributed by atoms with Crippen LogP contribution in [0.5, 0.6) is 5.75 Å². The van der Waals surface area contributed by atoms with Gasteiger partial charge in [0, 0.05) is 67.8 Å². The summed E-state index contributed by atoms with van der Waals surface area (Å²) in [5, 5.41) is 17.7. The van der Waals surface area contributed by atoms with Gasteiger partial charge in [0.25, 0.3) is 17.5 Å². The molecule has 11 nitrogen and oxygen atoms in total. The van der Waals surface area contributed by atoms with E-state index in [0.717, 1.165) is 31.6 Å². The highest BCUT2D eigenvalue weighted by atomic mass is 35.5. The number of anilines is 3. The number of piperazine rings is 1. The van der Waals surface area contributed by atoms with Gasteiger partial charge in [0.15, 0.2) is 5.11 Å². The molecule has 5 rings (SSSR count). The molecule has 236 valence electrons. The molecule has 2 aliphatic heterocycles. The number of ether oxygens (including phenoxy) is 1. The van der Waals surface area contributed by atoms with E-state index in [2.05, 4.69) is 27.4 Å². The maximum absolute atomic E-state index is 13.3. The fourth-order valence-corrected chi connectivity index (χ4v) is 6.00. The molecule has 0 radical (unpaired) electrons. The molecule has 0 atom stereocenters. The topological polar surface area (TPSA) is 120 Å². The number of thiocarbonyl (C=S) groups is 1. The molecule has 2 saturated heterocycles. The first-order valence-corrected chi connectivity index (χ1v) is 15.5. The molecule has 3 aromatic carbocycles. The third kappa shape index (κ3) is 7.63. The lowest BCUT2D eigenvalue weighted by molar-refractivity contribution is -0.384. The molecule has 2 fully saturated rings. The van der Waals surface area contributed by atoms with Gasteiger partial charge in [0.1, 0.15) is 5.75 Å². The van der Waals surface area contributed by atoms with Crippen molar-refractivity contribution < 1.29 is 19.2 Å². The average molecular weight is 651 g/mol. The highest BCUT2D eigenvalue weighted by Crippen LogP contribution is 2.30. The van der Waals surface area contributed by atoms with E-state index >= 15 is 0 Å². The molecule has 0 spiro atoms. The van der Waals surface area contributed by atoms with E-state index in [0.29, 0.717) is 59.8 Å². The van der Waals surface area contributed by atoms with Gasteiger partial charge in [0.05, 0.1) is 28.8 Å². The number of hydrogen-bond donors (Lipinski definition) is 2. The number of nitro groups is 1. The molecule has 2 N–H and O–H groups in total. The zero-order chi connectivity index (χ0) is 32.1. The number of carbonyl (C=O) groups excluding carboxylic acids is 2. The average Bonchev–Trinajstić information content (AvgIpc) is 3.05. The van der Waals surface area contributed by atoms with Gasteiger partial charge in [0.2, 0.25) is 0 Å². The van der Waals surface area contributed by atoms with E-state index in [9.17, 15) is 19.7 Å². The Morgan fingerprint density at radius 2 is 1.62 bits per heavy atom. The standard InChI is InChI=1S/C32H35ClN6O5S/c1-21-11-13-37(14-12-21)28-9-8-25(39(42)43)20-26(28)30(40)35-32(45)34-23-4-6-24(7-5-23)36-15-17-38(18-16-36)31(41)27-19-22(33)3-10-29(27)44-2/h3-10,19-21H,11-18H2,1-2H3,(H2,34,35,40,45). The van der Waals surface area contributed by atoms with Crippen LogP contribution in [0.4, 0.5) is 22.7 Å². The number of carbonyl (C=O) groups is 2. The Labute approximate surface area is 272 Å². The van der Waals surface area contributed by atoms with Gasteiger partial charge in [-0.1, -0.05) is 18.5 Å². The SMILES string of the molecule is COc1ccc(Cl)cc1C(=O)N1CCN(c2ccc(NC(=S)NC(=O)c3cc([N+](=O)[O-])ccc3N3CCC(C)CC3)cc2)CC1. The molecule has 0 bridgehead atoms. The number of methoxy groups -OCH3 is 1. The van der Waals surface area contributed by atoms with Crippen LogP contribution < -0.4 is 25.2 Å². The van der Waals surface area contributed by atoms with E-state index in [1.54, 1.807) is 29.2 Å². The smallest absolute Gasteiger partial charge is 0.270 e. The second-order valence-corrected chi connectivity index (χ2v) is 12.1. The van der Waals surface area contributed by atoms with Crippen LogP contribution in [0, 0.1) is 16.0 Å².